The van der Waals surface area contributed by atoms with Gasteiger partial charge in [0.05, 0.1) is 11.8 Å². The van der Waals surface area contributed by atoms with Crippen LogP contribution >= 0.6 is 0 Å². The van der Waals surface area contributed by atoms with Crippen molar-refractivity contribution in [1.82, 2.24) is 0 Å². The number of hydrogen-bond donors (Lipinski definition) is 2. The Morgan fingerprint density at radius 1 is 0.684 bits per heavy atom. The first-order valence-corrected chi connectivity index (χ1v) is 7.53. The van der Waals surface area contributed by atoms with Gasteiger partial charge in [-0.3, -0.25) is 9.59 Å². The molecule has 2 aliphatic carbocycles. The molecule has 0 saturated heterocycles. The zero-order valence-electron chi connectivity index (χ0n) is 11.4. The molecule has 19 heavy (non-hydrogen) atoms. The Bertz CT molecular complexity index is 339. The highest BCUT2D eigenvalue weighted by Gasteiger charge is 2.34. The molecule has 0 aliphatic heterocycles. The lowest BCUT2D eigenvalue weighted by Gasteiger charge is -2.33. The number of aliphatic carboxylic acids is 2. The Labute approximate surface area is 114 Å². The van der Waals surface area contributed by atoms with E-state index >= 15 is 0 Å². The minimum Gasteiger partial charge on any atom is -0.481 e. The van der Waals surface area contributed by atoms with Crippen molar-refractivity contribution in [3.63, 3.8) is 0 Å². The molecule has 0 aromatic rings. The maximum absolute atomic E-state index is 11.2. The molecule has 2 aliphatic rings. The molecule has 0 bridgehead atoms. The molecule has 2 fully saturated rings. The fourth-order valence-electron chi connectivity index (χ4n) is 3.93. The van der Waals surface area contributed by atoms with Crippen molar-refractivity contribution >= 4 is 11.9 Å². The van der Waals surface area contributed by atoms with E-state index in [0.29, 0.717) is 11.8 Å². The zero-order valence-corrected chi connectivity index (χ0v) is 11.4. The minimum atomic E-state index is -0.673. The van der Waals surface area contributed by atoms with E-state index in [1.54, 1.807) is 0 Å². The molecular formula is C15H24O4. The first kappa shape index (κ1) is 14.4. The second-order valence-electron chi connectivity index (χ2n) is 6.28. The molecule has 4 atom stereocenters. The van der Waals surface area contributed by atoms with Gasteiger partial charge in [-0.2, -0.15) is 0 Å². The van der Waals surface area contributed by atoms with Crippen molar-refractivity contribution in [3.8, 4) is 0 Å². The average molecular weight is 268 g/mol. The quantitative estimate of drug-likeness (QED) is 0.771. The number of hydrogen-bond acceptors (Lipinski definition) is 2. The van der Waals surface area contributed by atoms with Crippen LogP contribution in [0.2, 0.25) is 0 Å². The third-order valence-corrected chi connectivity index (χ3v) is 5.04. The van der Waals surface area contributed by atoms with Gasteiger partial charge in [0.1, 0.15) is 0 Å². The van der Waals surface area contributed by atoms with E-state index in [9.17, 15) is 14.7 Å². The van der Waals surface area contributed by atoms with Gasteiger partial charge in [0.2, 0.25) is 0 Å². The summed E-state index contributed by atoms with van der Waals surface area (Å²) in [5.41, 5.74) is 0. The van der Waals surface area contributed by atoms with Crippen molar-refractivity contribution in [2.45, 2.75) is 57.8 Å². The molecule has 108 valence electrons. The molecule has 4 heteroatoms. The molecule has 4 nitrogen and oxygen atoms in total. The van der Waals surface area contributed by atoms with E-state index in [1.807, 2.05) is 0 Å². The van der Waals surface area contributed by atoms with E-state index in [2.05, 4.69) is 0 Å². The topological polar surface area (TPSA) is 74.6 Å². The van der Waals surface area contributed by atoms with Crippen molar-refractivity contribution in [3.05, 3.63) is 0 Å². The van der Waals surface area contributed by atoms with Crippen LogP contribution in [-0.4, -0.2) is 22.2 Å². The SMILES string of the molecule is O=C(O)C1CCCCC(C2CCCC(C(=O)O)C2)C1. The highest BCUT2D eigenvalue weighted by atomic mass is 16.4. The molecule has 2 saturated carbocycles. The molecule has 2 N–H and O–H groups in total. The van der Waals surface area contributed by atoms with Crippen LogP contribution in [0.1, 0.15) is 57.8 Å². The number of carbonyl (C=O) groups is 2. The highest BCUT2D eigenvalue weighted by molar-refractivity contribution is 5.70. The summed E-state index contributed by atoms with van der Waals surface area (Å²) in [6, 6.07) is 0. The van der Waals surface area contributed by atoms with Crippen LogP contribution in [0.15, 0.2) is 0 Å². The predicted octanol–water partition coefficient (Wildman–Crippen LogP) is 3.16. The van der Waals surface area contributed by atoms with Gasteiger partial charge in [0.25, 0.3) is 0 Å². The molecule has 0 amide bonds. The predicted molar refractivity (Wildman–Crippen MR) is 70.8 cm³/mol. The standard InChI is InChI=1S/C15H24O4/c16-14(17)12-5-2-1-4-10(8-12)11-6-3-7-13(9-11)15(18)19/h10-13H,1-9H2,(H,16,17)(H,18,19). The van der Waals surface area contributed by atoms with E-state index < -0.39 is 11.9 Å². The second-order valence-corrected chi connectivity index (χ2v) is 6.28. The Kier molecular flexibility index (Phi) is 4.83. The first-order valence-electron chi connectivity index (χ1n) is 7.53. The number of carboxylic acid groups (broad SMARTS) is 2. The maximum atomic E-state index is 11.2. The monoisotopic (exact) mass is 268 g/mol. The van der Waals surface area contributed by atoms with E-state index in [1.165, 1.54) is 0 Å². The van der Waals surface area contributed by atoms with Gasteiger partial charge in [-0.1, -0.05) is 32.1 Å². The van der Waals surface area contributed by atoms with Crippen LogP contribution in [0.25, 0.3) is 0 Å². The van der Waals surface area contributed by atoms with E-state index in [-0.39, 0.29) is 11.8 Å². The van der Waals surface area contributed by atoms with Gasteiger partial charge in [0, 0.05) is 0 Å². The lowest BCUT2D eigenvalue weighted by Crippen LogP contribution is -2.28. The summed E-state index contributed by atoms with van der Waals surface area (Å²) in [6.45, 7) is 0. The zero-order chi connectivity index (χ0) is 13.8. The summed E-state index contributed by atoms with van der Waals surface area (Å²) in [4.78, 5) is 22.3. The summed E-state index contributed by atoms with van der Waals surface area (Å²) in [5, 5.41) is 18.4. The lowest BCUT2D eigenvalue weighted by molar-refractivity contribution is -0.145. The lowest BCUT2D eigenvalue weighted by atomic mass is 9.72. The van der Waals surface area contributed by atoms with Crippen molar-refractivity contribution in [2.75, 3.05) is 0 Å². The molecule has 0 heterocycles. The van der Waals surface area contributed by atoms with Gasteiger partial charge in [-0.25, -0.2) is 0 Å². The van der Waals surface area contributed by atoms with Crippen molar-refractivity contribution in [1.29, 1.82) is 0 Å². The maximum Gasteiger partial charge on any atom is 0.306 e. The molecule has 0 spiro atoms. The van der Waals surface area contributed by atoms with Gasteiger partial charge < -0.3 is 10.2 Å². The van der Waals surface area contributed by atoms with Crippen LogP contribution in [0, 0.1) is 23.7 Å². The third-order valence-electron chi connectivity index (χ3n) is 5.04. The van der Waals surface area contributed by atoms with Crippen LogP contribution in [-0.2, 0) is 9.59 Å². The largest absolute Gasteiger partial charge is 0.481 e. The normalized spacial score (nSPS) is 36.4. The summed E-state index contributed by atoms with van der Waals surface area (Å²) < 4.78 is 0. The summed E-state index contributed by atoms with van der Waals surface area (Å²) in [5.74, 6) is -0.908. The molecule has 0 radical (unpaired) electrons. The third kappa shape index (κ3) is 3.71. The van der Waals surface area contributed by atoms with Crippen LogP contribution < -0.4 is 0 Å². The Balaban J connectivity index is 1.98. The Morgan fingerprint density at radius 3 is 1.63 bits per heavy atom. The fourth-order valence-corrected chi connectivity index (χ4v) is 3.93. The second kappa shape index (κ2) is 6.40. The molecule has 2 rings (SSSR count). The summed E-state index contributed by atoms with van der Waals surface area (Å²) in [6.07, 6.45) is 8.35. The van der Waals surface area contributed by atoms with Gasteiger partial charge >= 0.3 is 11.9 Å². The van der Waals surface area contributed by atoms with E-state index in [4.69, 9.17) is 5.11 Å². The Hall–Kier alpha value is -1.06. The van der Waals surface area contributed by atoms with Crippen molar-refractivity contribution < 1.29 is 19.8 Å². The first-order chi connectivity index (χ1) is 9.08. The smallest absolute Gasteiger partial charge is 0.306 e. The molecule has 0 aromatic carbocycles. The van der Waals surface area contributed by atoms with Crippen LogP contribution in [0.4, 0.5) is 0 Å². The highest BCUT2D eigenvalue weighted by Crippen LogP contribution is 2.41. The molecule has 4 unspecified atom stereocenters. The fraction of sp³-hybridized carbons (Fsp3) is 0.867. The summed E-state index contributed by atoms with van der Waals surface area (Å²) in [7, 11) is 0. The molecule has 0 aromatic heterocycles. The van der Waals surface area contributed by atoms with E-state index in [0.717, 1.165) is 57.8 Å². The number of rotatable bonds is 3. The van der Waals surface area contributed by atoms with Crippen LogP contribution in [0.5, 0.6) is 0 Å². The average Bonchev–Trinajstić information content (AvgIpc) is 2.64. The number of carboxylic acids is 2. The molecular weight excluding hydrogens is 244 g/mol. The van der Waals surface area contributed by atoms with Gasteiger partial charge in [0.15, 0.2) is 0 Å². The summed E-state index contributed by atoms with van der Waals surface area (Å²) >= 11 is 0. The minimum absolute atomic E-state index is 0.203. The van der Waals surface area contributed by atoms with Gasteiger partial charge in [-0.05, 0) is 37.5 Å². The van der Waals surface area contributed by atoms with Gasteiger partial charge in [-0.15, -0.1) is 0 Å². The van der Waals surface area contributed by atoms with Crippen molar-refractivity contribution in [2.24, 2.45) is 23.7 Å². The Morgan fingerprint density at radius 2 is 1.11 bits per heavy atom. The van der Waals surface area contributed by atoms with Crippen LogP contribution in [0.3, 0.4) is 0 Å².